The van der Waals surface area contributed by atoms with Gasteiger partial charge < -0.3 is 10.3 Å². The van der Waals surface area contributed by atoms with Gasteiger partial charge in [-0.05, 0) is 49.1 Å². The smallest absolute Gasteiger partial charge is 0.275 e. The van der Waals surface area contributed by atoms with E-state index in [2.05, 4.69) is 20.4 Å². The first kappa shape index (κ1) is 21.4. The summed E-state index contributed by atoms with van der Waals surface area (Å²) in [5, 5.41) is 7.44. The van der Waals surface area contributed by atoms with Crippen molar-refractivity contribution >= 4 is 11.4 Å². The summed E-state index contributed by atoms with van der Waals surface area (Å²) >= 11 is 0. The zero-order valence-corrected chi connectivity index (χ0v) is 18.3. The number of benzene rings is 1. The average molecular weight is 433 g/mol. The molecule has 0 saturated carbocycles. The van der Waals surface area contributed by atoms with Crippen LogP contribution in [0.2, 0.25) is 0 Å². The predicted octanol–water partition coefficient (Wildman–Crippen LogP) is 4.15. The van der Waals surface area contributed by atoms with E-state index in [1.54, 1.807) is 30.6 Å². The zero-order valence-electron chi connectivity index (χ0n) is 18.3. The Bertz CT molecular complexity index is 1340. The first-order chi connectivity index (χ1) is 15.2. The Morgan fingerprint density at radius 3 is 2.47 bits per heavy atom. The van der Waals surface area contributed by atoms with Crippen LogP contribution in [-0.2, 0) is 0 Å². The molecule has 0 saturated heterocycles. The van der Waals surface area contributed by atoms with Crippen molar-refractivity contribution < 1.29 is 9.18 Å². The maximum absolute atomic E-state index is 13.2. The van der Waals surface area contributed by atoms with Crippen LogP contribution < -0.4 is 10.9 Å². The lowest BCUT2D eigenvalue weighted by molar-refractivity contribution is 0.0938. The molecule has 0 aliphatic rings. The number of nitrogens with zero attached hydrogens (tertiary/aromatic N) is 3. The van der Waals surface area contributed by atoms with Crippen molar-refractivity contribution in [2.45, 2.75) is 39.7 Å². The lowest BCUT2D eigenvalue weighted by Gasteiger charge is -2.15. The lowest BCUT2D eigenvalue weighted by atomic mass is 9.99. The minimum atomic E-state index is -0.343. The Hall–Kier alpha value is -3.81. The molecule has 0 aliphatic carbocycles. The molecule has 0 bridgehead atoms. The van der Waals surface area contributed by atoms with Gasteiger partial charge in [0.2, 0.25) is 0 Å². The van der Waals surface area contributed by atoms with Crippen molar-refractivity contribution in [1.29, 1.82) is 0 Å². The summed E-state index contributed by atoms with van der Waals surface area (Å²) in [4.78, 5) is 33.2. The highest BCUT2D eigenvalue weighted by atomic mass is 19.1. The van der Waals surface area contributed by atoms with Gasteiger partial charge >= 0.3 is 0 Å². The standard InChI is InChI=1S/C24H24FN5O2/c1-13(2)20-18(23(31)27-15(4)16-6-8-17(25)9-7-16)12-30-21(20)24(32)28-22(29-30)19-10-5-14(3)11-26-19/h5-13,15H,1-4H3,(H,27,31)(H,28,29,32)/t15-/m0/s1. The molecule has 7 nitrogen and oxygen atoms in total. The monoisotopic (exact) mass is 433 g/mol. The van der Waals surface area contributed by atoms with E-state index in [4.69, 9.17) is 0 Å². The summed E-state index contributed by atoms with van der Waals surface area (Å²) in [7, 11) is 0. The van der Waals surface area contributed by atoms with Gasteiger partial charge in [0.05, 0.1) is 11.6 Å². The van der Waals surface area contributed by atoms with E-state index in [0.29, 0.717) is 28.2 Å². The molecule has 0 spiro atoms. The minimum Gasteiger partial charge on any atom is -0.345 e. The Balaban J connectivity index is 1.75. The number of aromatic nitrogens is 4. The third-order valence-corrected chi connectivity index (χ3v) is 5.37. The number of halogens is 1. The van der Waals surface area contributed by atoms with Crippen LogP contribution >= 0.6 is 0 Å². The van der Waals surface area contributed by atoms with Gasteiger partial charge in [-0.2, -0.15) is 0 Å². The molecular weight excluding hydrogens is 409 g/mol. The Morgan fingerprint density at radius 1 is 1.12 bits per heavy atom. The van der Waals surface area contributed by atoms with Crippen molar-refractivity contribution in [2.24, 2.45) is 0 Å². The van der Waals surface area contributed by atoms with Gasteiger partial charge in [0, 0.05) is 18.0 Å². The number of amides is 1. The van der Waals surface area contributed by atoms with Gasteiger partial charge in [0.1, 0.15) is 17.0 Å². The molecule has 4 rings (SSSR count). The van der Waals surface area contributed by atoms with Gasteiger partial charge in [0.15, 0.2) is 5.82 Å². The van der Waals surface area contributed by atoms with E-state index in [0.717, 1.165) is 11.1 Å². The summed E-state index contributed by atoms with van der Waals surface area (Å²) in [5.41, 5.74) is 3.28. The van der Waals surface area contributed by atoms with Crippen molar-refractivity contribution in [3.8, 4) is 11.5 Å². The van der Waals surface area contributed by atoms with Crippen LogP contribution in [0.15, 0.2) is 53.6 Å². The Morgan fingerprint density at radius 2 is 1.84 bits per heavy atom. The molecule has 3 aromatic heterocycles. The van der Waals surface area contributed by atoms with Crippen LogP contribution in [0.5, 0.6) is 0 Å². The molecule has 8 heteroatoms. The van der Waals surface area contributed by atoms with E-state index in [1.165, 1.54) is 16.6 Å². The van der Waals surface area contributed by atoms with Crippen LogP contribution in [-0.4, -0.2) is 25.5 Å². The largest absolute Gasteiger partial charge is 0.345 e. The lowest BCUT2D eigenvalue weighted by Crippen LogP contribution is -2.27. The highest BCUT2D eigenvalue weighted by molar-refractivity contribution is 5.98. The zero-order chi connectivity index (χ0) is 23.0. The maximum Gasteiger partial charge on any atom is 0.275 e. The SMILES string of the molecule is Cc1ccc(-c2nn3cc(C(=O)N[C@@H](C)c4ccc(F)cc4)c(C(C)C)c3c(=O)[nH]2)nc1. The number of aryl methyl sites for hydroxylation is 1. The topological polar surface area (TPSA) is 92.2 Å². The number of aromatic amines is 1. The minimum absolute atomic E-state index is 0.0897. The summed E-state index contributed by atoms with van der Waals surface area (Å²) in [5.74, 6) is -0.435. The van der Waals surface area contributed by atoms with E-state index >= 15 is 0 Å². The molecule has 0 fully saturated rings. The molecule has 3 heterocycles. The van der Waals surface area contributed by atoms with Crippen molar-refractivity contribution in [3.63, 3.8) is 0 Å². The molecule has 0 radical (unpaired) electrons. The second-order valence-corrected chi connectivity index (χ2v) is 8.17. The number of rotatable bonds is 5. The Labute approximate surface area is 184 Å². The molecule has 1 amide bonds. The molecule has 0 aliphatic heterocycles. The quantitative estimate of drug-likeness (QED) is 0.495. The number of carbonyl (C=O) groups is 1. The fraction of sp³-hybridized carbons (Fsp3) is 0.250. The van der Waals surface area contributed by atoms with Crippen molar-refractivity contribution in [3.05, 3.63) is 87.2 Å². The number of fused-ring (bicyclic) bond motifs is 1. The fourth-order valence-corrected chi connectivity index (χ4v) is 3.71. The summed E-state index contributed by atoms with van der Waals surface area (Å²) in [6.07, 6.45) is 3.27. The number of carbonyl (C=O) groups excluding carboxylic acids is 1. The van der Waals surface area contributed by atoms with Gasteiger partial charge in [-0.25, -0.2) is 8.91 Å². The second kappa shape index (κ2) is 8.37. The molecule has 1 atom stereocenters. The molecule has 164 valence electrons. The maximum atomic E-state index is 13.2. The molecule has 32 heavy (non-hydrogen) atoms. The van der Waals surface area contributed by atoms with Crippen LogP contribution in [0.3, 0.4) is 0 Å². The van der Waals surface area contributed by atoms with Gasteiger partial charge in [-0.1, -0.05) is 32.0 Å². The predicted molar refractivity (Wildman–Crippen MR) is 120 cm³/mol. The molecular formula is C24H24FN5O2. The van der Waals surface area contributed by atoms with E-state index < -0.39 is 0 Å². The van der Waals surface area contributed by atoms with E-state index in [-0.39, 0.29) is 29.2 Å². The van der Waals surface area contributed by atoms with Gasteiger partial charge in [-0.3, -0.25) is 14.6 Å². The number of nitrogens with one attached hydrogen (secondary N) is 2. The number of H-pyrrole nitrogens is 1. The van der Waals surface area contributed by atoms with E-state index in [1.807, 2.05) is 33.8 Å². The summed E-state index contributed by atoms with van der Waals surface area (Å²) in [6.45, 7) is 7.59. The van der Waals surface area contributed by atoms with Crippen LogP contribution in [0, 0.1) is 12.7 Å². The summed E-state index contributed by atoms with van der Waals surface area (Å²) in [6, 6.07) is 9.30. The van der Waals surface area contributed by atoms with Crippen molar-refractivity contribution in [1.82, 2.24) is 24.9 Å². The second-order valence-electron chi connectivity index (χ2n) is 8.17. The Kier molecular flexibility index (Phi) is 5.61. The molecule has 1 aromatic carbocycles. The molecule has 4 aromatic rings. The van der Waals surface area contributed by atoms with Crippen LogP contribution in [0.1, 0.15) is 59.8 Å². The van der Waals surface area contributed by atoms with Crippen LogP contribution in [0.25, 0.3) is 17.0 Å². The van der Waals surface area contributed by atoms with Gasteiger partial charge in [0.25, 0.3) is 11.5 Å². The number of hydrogen-bond donors (Lipinski definition) is 2. The summed E-state index contributed by atoms with van der Waals surface area (Å²) < 4.78 is 14.7. The number of pyridine rings is 1. The molecule has 0 unspecified atom stereocenters. The first-order valence-corrected chi connectivity index (χ1v) is 10.4. The van der Waals surface area contributed by atoms with Crippen LogP contribution in [0.4, 0.5) is 4.39 Å². The first-order valence-electron chi connectivity index (χ1n) is 10.4. The number of hydrogen-bond acceptors (Lipinski definition) is 4. The highest BCUT2D eigenvalue weighted by Crippen LogP contribution is 2.26. The third kappa shape index (κ3) is 4.03. The highest BCUT2D eigenvalue weighted by Gasteiger charge is 2.24. The fourth-order valence-electron chi connectivity index (χ4n) is 3.71. The normalized spacial score (nSPS) is 12.3. The average Bonchev–Trinajstić information content (AvgIpc) is 3.15. The third-order valence-electron chi connectivity index (χ3n) is 5.37. The van der Waals surface area contributed by atoms with E-state index in [9.17, 15) is 14.0 Å². The molecule has 2 N–H and O–H groups in total. The van der Waals surface area contributed by atoms with Crippen molar-refractivity contribution in [2.75, 3.05) is 0 Å². The van der Waals surface area contributed by atoms with Gasteiger partial charge in [-0.15, -0.1) is 5.10 Å².